The Labute approximate surface area is 188 Å². The number of hydrogen-bond donors (Lipinski definition) is 2. The van der Waals surface area contributed by atoms with Crippen LogP contribution in [0.4, 0.5) is 13.2 Å². The van der Waals surface area contributed by atoms with Gasteiger partial charge in [0.15, 0.2) is 0 Å². The lowest BCUT2D eigenvalue weighted by atomic mass is 9.96. The fourth-order valence-electron chi connectivity index (χ4n) is 3.36. The highest BCUT2D eigenvalue weighted by atomic mass is 32.5. The molecular formula is C21H23F3NO5PS. The molecule has 2 N–H and O–H groups in total. The highest BCUT2D eigenvalue weighted by Gasteiger charge is 2.56. The standard InChI is InChI=1S/C21H23F3NO5PS/c1-2-30-18(26)15-25(19(27)21(22,23)24)20(31(28,29)32,13-16-9-5-3-6-10-16)14-17-11-7-4-8-12-17/h3-12H,2,13-15H2,1H3,(H2,28,29,32). The molecular weight excluding hydrogens is 466 g/mol. The molecule has 0 saturated heterocycles. The summed E-state index contributed by atoms with van der Waals surface area (Å²) in [4.78, 5) is 46.3. The molecule has 2 rings (SSSR count). The first kappa shape index (κ1) is 26.0. The zero-order valence-corrected chi connectivity index (χ0v) is 18.9. The van der Waals surface area contributed by atoms with Gasteiger partial charge >= 0.3 is 18.1 Å². The lowest BCUT2D eigenvalue weighted by Gasteiger charge is -2.46. The number of alkyl halides is 3. The summed E-state index contributed by atoms with van der Waals surface area (Å²) in [5.41, 5.74) is 0.814. The first-order valence-electron chi connectivity index (χ1n) is 9.58. The van der Waals surface area contributed by atoms with Crippen LogP contribution >= 0.6 is 6.49 Å². The van der Waals surface area contributed by atoms with Crippen molar-refractivity contribution >= 4 is 30.2 Å². The number of hydrogen-bond acceptors (Lipinski definition) is 4. The predicted molar refractivity (Wildman–Crippen MR) is 116 cm³/mol. The molecule has 0 aliphatic heterocycles. The minimum absolute atomic E-state index is 0.131. The van der Waals surface area contributed by atoms with E-state index in [4.69, 9.17) is 16.5 Å². The fraction of sp³-hybridized carbons (Fsp3) is 0.333. The SMILES string of the molecule is CCOC(=O)CN(C(=O)C(F)(F)F)C(Cc1ccccc1)(Cc1ccccc1)P(O)(O)=S. The zero-order valence-electron chi connectivity index (χ0n) is 17.2. The van der Waals surface area contributed by atoms with Crippen molar-refractivity contribution in [1.29, 1.82) is 0 Å². The Bertz CT molecular complexity index is 925. The average molecular weight is 489 g/mol. The fourth-order valence-corrected chi connectivity index (χ4v) is 5.29. The van der Waals surface area contributed by atoms with Crippen LogP contribution in [-0.2, 0) is 39.0 Å². The highest BCUT2D eigenvalue weighted by Crippen LogP contribution is 2.57. The number of carbonyl (C=O) groups excluding carboxylic acids is 2. The van der Waals surface area contributed by atoms with E-state index < -0.39 is 49.2 Å². The van der Waals surface area contributed by atoms with Crippen LogP contribution in [0.3, 0.4) is 0 Å². The van der Waals surface area contributed by atoms with E-state index in [2.05, 4.69) is 0 Å². The van der Waals surface area contributed by atoms with E-state index in [1.165, 1.54) is 6.92 Å². The van der Waals surface area contributed by atoms with Gasteiger partial charge in [0.1, 0.15) is 11.8 Å². The van der Waals surface area contributed by atoms with Gasteiger partial charge in [-0.3, -0.25) is 9.59 Å². The number of nitrogens with zero attached hydrogens (tertiary/aromatic N) is 1. The third kappa shape index (κ3) is 6.38. The molecule has 32 heavy (non-hydrogen) atoms. The average Bonchev–Trinajstić information content (AvgIpc) is 2.71. The maximum absolute atomic E-state index is 13.6. The van der Waals surface area contributed by atoms with E-state index in [9.17, 15) is 32.5 Å². The van der Waals surface area contributed by atoms with Gasteiger partial charge in [0, 0.05) is 12.8 Å². The number of carbonyl (C=O) groups is 2. The van der Waals surface area contributed by atoms with Crippen LogP contribution in [0.1, 0.15) is 18.1 Å². The monoisotopic (exact) mass is 489 g/mol. The predicted octanol–water partition coefficient (Wildman–Crippen LogP) is 3.42. The summed E-state index contributed by atoms with van der Waals surface area (Å²) in [7, 11) is 0. The largest absolute Gasteiger partial charge is 0.471 e. The van der Waals surface area contributed by atoms with Crippen LogP contribution in [0.2, 0.25) is 0 Å². The van der Waals surface area contributed by atoms with Gasteiger partial charge in [-0.2, -0.15) is 13.2 Å². The molecule has 6 nitrogen and oxygen atoms in total. The Hall–Kier alpha value is -2.26. The van der Waals surface area contributed by atoms with Crippen LogP contribution < -0.4 is 0 Å². The molecule has 0 saturated carbocycles. The van der Waals surface area contributed by atoms with Crippen LogP contribution in [0.15, 0.2) is 60.7 Å². The molecule has 0 heterocycles. The normalized spacial score (nSPS) is 12.3. The molecule has 2 aromatic rings. The third-order valence-corrected chi connectivity index (χ3v) is 7.45. The quantitative estimate of drug-likeness (QED) is 0.415. The summed E-state index contributed by atoms with van der Waals surface area (Å²) >= 11 is 4.96. The number of amides is 1. The first-order chi connectivity index (χ1) is 14.9. The second-order valence-corrected chi connectivity index (χ2v) is 10.5. The summed E-state index contributed by atoms with van der Waals surface area (Å²) in [6.45, 7) is -4.49. The van der Waals surface area contributed by atoms with Gasteiger partial charge in [0.2, 0.25) is 6.49 Å². The van der Waals surface area contributed by atoms with Crippen molar-refractivity contribution in [1.82, 2.24) is 4.90 Å². The maximum Gasteiger partial charge on any atom is 0.471 e. The van der Waals surface area contributed by atoms with Crippen molar-refractivity contribution in [2.45, 2.75) is 31.2 Å². The van der Waals surface area contributed by atoms with Crippen LogP contribution in [0, 0.1) is 0 Å². The molecule has 0 aromatic heterocycles. The topological polar surface area (TPSA) is 87.1 Å². The van der Waals surface area contributed by atoms with E-state index in [-0.39, 0.29) is 11.5 Å². The number of benzene rings is 2. The molecule has 0 spiro atoms. The Balaban J connectivity index is 2.75. The molecule has 0 unspecified atom stereocenters. The van der Waals surface area contributed by atoms with Gasteiger partial charge in [-0.15, -0.1) is 0 Å². The Kier molecular flexibility index (Phi) is 8.59. The first-order valence-corrected chi connectivity index (χ1v) is 12.3. The minimum Gasteiger partial charge on any atom is -0.465 e. The van der Waals surface area contributed by atoms with Gasteiger partial charge in [-0.05, 0) is 29.9 Å². The molecule has 2 aromatic carbocycles. The van der Waals surface area contributed by atoms with E-state index in [1.54, 1.807) is 60.7 Å². The second kappa shape index (κ2) is 10.6. The number of ether oxygens (including phenoxy) is 1. The van der Waals surface area contributed by atoms with Crippen molar-refractivity contribution in [3.63, 3.8) is 0 Å². The lowest BCUT2D eigenvalue weighted by Crippen LogP contribution is -2.59. The summed E-state index contributed by atoms with van der Waals surface area (Å²) in [6, 6.07) is 16.0. The van der Waals surface area contributed by atoms with E-state index in [0.29, 0.717) is 11.1 Å². The van der Waals surface area contributed by atoms with Crippen molar-refractivity contribution in [3.8, 4) is 0 Å². The lowest BCUT2D eigenvalue weighted by molar-refractivity contribution is -0.191. The van der Waals surface area contributed by atoms with Gasteiger partial charge < -0.3 is 19.4 Å². The highest BCUT2D eigenvalue weighted by molar-refractivity contribution is 8.09. The van der Waals surface area contributed by atoms with Crippen LogP contribution in [0.5, 0.6) is 0 Å². The molecule has 0 bridgehead atoms. The van der Waals surface area contributed by atoms with E-state index in [0.717, 1.165) is 0 Å². The maximum atomic E-state index is 13.6. The molecule has 0 aliphatic carbocycles. The van der Waals surface area contributed by atoms with Crippen LogP contribution in [-0.4, -0.2) is 51.2 Å². The summed E-state index contributed by atoms with van der Waals surface area (Å²) < 4.78 is 45.6. The Morgan fingerprint density at radius 1 is 0.969 bits per heavy atom. The molecule has 0 atom stereocenters. The van der Waals surface area contributed by atoms with Crippen LogP contribution in [0.25, 0.3) is 0 Å². The van der Waals surface area contributed by atoms with Crippen molar-refractivity contribution in [2.75, 3.05) is 13.2 Å². The number of rotatable bonds is 9. The van der Waals surface area contributed by atoms with Gasteiger partial charge in [-0.1, -0.05) is 60.7 Å². The smallest absolute Gasteiger partial charge is 0.465 e. The van der Waals surface area contributed by atoms with E-state index in [1.807, 2.05) is 0 Å². The van der Waals surface area contributed by atoms with Gasteiger partial charge in [0.25, 0.3) is 0 Å². The molecule has 11 heteroatoms. The van der Waals surface area contributed by atoms with Crippen molar-refractivity contribution in [3.05, 3.63) is 71.8 Å². The summed E-state index contributed by atoms with van der Waals surface area (Å²) in [5.74, 6) is -3.53. The van der Waals surface area contributed by atoms with E-state index >= 15 is 0 Å². The number of esters is 1. The number of halogens is 3. The van der Waals surface area contributed by atoms with Gasteiger partial charge in [0.05, 0.1) is 6.61 Å². The molecule has 1 amide bonds. The molecule has 0 aliphatic rings. The van der Waals surface area contributed by atoms with Crippen molar-refractivity contribution in [2.24, 2.45) is 0 Å². The Morgan fingerprint density at radius 2 is 1.41 bits per heavy atom. The summed E-state index contributed by atoms with van der Waals surface area (Å²) in [5, 5.41) is -2.33. The van der Waals surface area contributed by atoms with Crippen molar-refractivity contribution < 1.29 is 37.3 Å². The summed E-state index contributed by atoms with van der Waals surface area (Å²) in [6.07, 6.45) is -6.24. The zero-order chi connectivity index (χ0) is 24.0. The molecule has 0 fully saturated rings. The molecule has 174 valence electrons. The molecule has 0 radical (unpaired) electrons. The third-order valence-electron chi connectivity index (χ3n) is 4.78. The minimum atomic E-state index is -5.39. The van der Waals surface area contributed by atoms with Gasteiger partial charge in [-0.25, -0.2) is 0 Å². The second-order valence-electron chi connectivity index (χ2n) is 7.05. The Morgan fingerprint density at radius 3 is 1.75 bits per heavy atom.